The molecule has 1 aliphatic heterocycles. The van der Waals surface area contributed by atoms with E-state index in [-0.39, 0.29) is 16.4 Å². The number of hydrogen-bond donors (Lipinski definition) is 1. The largest absolute Gasteiger partial charge is 0.309 e. The van der Waals surface area contributed by atoms with Crippen LogP contribution in [0.2, 0.25) is 5.02 Å². The van der Waals surface area contributed by atoms with Gasteiger partial charge in [-0.15, -0.1) is 0 Å². The van der Waals surface area contributed by atoms with Gasteiger partial charge in [0, 0.05) is 31.7 Å². The second-order valence-corrected chi connectivity index (χ2v) is 5.71. The van der Waals surface area contributed by atoms with Gasteiger partial charge >= 0.3 is 0 Å². The molecule has 1 aliphatic rings. The molecule has 2 rings (SSSR count). The van der Waals surface area contributed by atoms with Gasteiger partial charge in [-0.25, -0.2) is 4.39 Å². The maximum atomic E-state index is 13.1. The zero-order chi connectivity index (χ0) is 13.2. The third kappa shape index (κ3) is 3.22. The number of nitrogens with zero attached hydrogens (tertiary/aromatic N) is 1. The van der Waals surface area contributed by atoms with E-state index in [0.29, 0.717) is 0 Å². The molecule has 1 unspecified atom stereocenters. The molecule has 0 spiro atoms. The van der Waals surface area contributed by atoms with Gasteiger partial charge in [-0.2, -0.15) is 0 Å². The second kappa shape index (κ2) is 5.55. The molecule has 0 bridgehead atoms. The van der Waals surface area contributed by atoms with Crippen molar-refractivity contribution in [2.24, 2.45) is 0 Å². The minimum absolute atomic E-state index is 0.183. The maximum absolute atomic E-state index is 13.1. The van der Waals surface area contributed by atoms with Crippen LogP contribution in [0.4, 0.5) is 4.39 Å². The van der Waals surface area contributed by atoms with Crippen LogP contribution >= 0.6 is 11.6 Å². The van der Waals surface area contributed by atoms with Gasteiger partial charge in [-0.1, -0.05) is 24.6 Å². The number of piperazine rings is 1. The third-order valence-corrected chi connectivity index (χ3v) is 4.01. The predicted molar refractivity (Wildman–Crippen MR) is 73.4 cm³/mol. The van der Waals surface area contributed by atoms with Gasteiger partial charge in [-0.3, -0.25) is 4.90 Å². The Balaban J connectivity index is 2.02. The maximum Gasteiger partial charge on any atom is 0.141 e. The van der Waals surface area contributed by atoms with Crippen molar-refractivity contribution in [3.05, 3.63) is 34.6 Å². The highest BCUT2D eigenvalue weighted by Crippen LogP contribution is 2.20. The first-order valence-electron chi connectivity index (χ1n) is 6.44. The molecule has 0 aliphatic carbocycles. The Morgan fingerprint density at radius 1 is 1.50 bits per heavy atom. The molecule has 0 amide bonds. The van der Waals surface area contributed by atoms with Gasteiger partial charge in [0.05, 0.1) is 5.02 Å². The van der Waals surface area contributed by atoms with E-state index in [0.717, 1.165) is 38.2 Å². The van der Waals surface area contributed by atoms with Crippen molar-refractivity contribution in [3.63, 3.8) is 0 Å². The zero-order valence-corrected chi connectivity index (χ0v) is 11.7. The number of nitrogens with one attached hydrogen (secondary N) is 1. The van der Waals surface area contributed by atoms with Crippen molar-refractivity contribution in [1.82, 2.24) is 10.2 Å². The van der Waals surface area contributed by atoms with E-state index in [1.807, 2.05) is 6.07 Å². The number of hydrogen-bond acceptors (Lipinski definition) is 2. The second-order valence-electron chi connectivity index (χ2n) is 5.30. The average molecular weight is 271 g/mol. The summed E-state index contributed by atoms with van der Waals surface area (Å²) in [5.74, 6) is -0.348. The quantitative estimate of drug-likeness (QED) is 0.908. The van der Waals surface area contributed by atoms with Gasteiger partial charge in [0.2, 0.25) is 0 Å². The van der Waals surface area contributed by atoms with Crippen molar-refractivity contribution in [1.29, 1.82) is 0 Å². The Labute approximate surface area is 113 Å². The highest BCUT2D eigenvalue weighted by molar-refractivity contribution is 6.30. The molecule has 100 valence electrons. The molecule has 4 heteroatoms. The first-order valence-corrected chi connectivity index (χ1v) is 6.81. The molecule has 1 aromatic rings. The summed E-state index contributed by atoms with van der Waals surface area (Å²) in [5, 5.41) is 3.76. The summed E-state index contributed by atoms with van der Waals surface area (Å²) in [6, 6.07) is 4.98. The monoisotopic (exact) mass is 270 g/mol. The molecule has 0 saturated carbocycles. The van der Waals surface area contributed by atoms with Crippen LogP contribution in [0.5, 0.6) is 0 Å². The molecular formula is C14H20ClFN2. The van der Waals surface area contributed by atoms with Crippen molar-refractivity contribution in [2.45, 2.75) is 32.4 Å². The van der Waals surface area contributed by atoms with Crippen LogP contribution in [-0.2, 0) is 6.54 Å². The molecule has 1 heterocycles. The Morgan fingerprint density at radius 2 is 2.28 bits per heavy atom. The van der Waals surface area contributed by atoms with E-state index >= 15 is 0 Å². The number of rotatable bonds is 3. The fourth-order valence-corrected chi connectivity index (χ4v) is 2.62. The lowest BCUT2D eigenvalue weighted by atomic mass is 9.95. The van der Waals surface area contributed by atoms with Crippen LogP contribution in [0.3, 0.4) is 0 Å². The van der Waals surface area contributed by atoms with Crippen LogP contribution in [-0.4, -0.2) is 30.1 Å². The fourth-order valence-electron chi connectivity index (χ4n) is 2.41. The Kier molecular flexibility index (Phi) is 4.25. The van der Waals surface area contributed by atoms with Crippen LogP contribution in [0.25, 0.3) is 0 Å². The number of halogens is 2. The normalized spacial score (nSPS) is 25.3. The van der Waals surface area contributed by atoms with Crippen LogP contribution < -0.4 is 5.32 Å². The zero-order valence-electron chi connectivity index (χ0n) is 11.0. The summed E-state index contributed by atoms with van der Waals surface area (Å²) >= 11 is 5.81. The lowest BCUT2D eigenvalue weighted by Gasteiger charge is -2.41. The lowest BCUT2D eigenvalue weighted by Crippen LogP contribution is -2.58. The summed E-state index contributed by atoms with van der Waals surface area (Å²) in [4.78, 5) is 2.39. The molecule has 1 aromatic carbocycles. The average Bonchev–Trinajstić information content (AvgIpc) is 2.34. The molecule has 0 radical (unpaired) electrons. The molecule has 2 nitrogen and oxygen atoms in total. The van der Waals surface area contributed by atoms with Crippen molar-refractivity contribution in [3.8, 4) is 0 Å². The van der Waals surface area contributed by atoms with E-state index in [1.54, 1.807) is 6.07 Å². The minimum atomic E-state index is -0.348. The summed E-state index contributed by atoms with van der Waals surface area (Å²) in [6.07, 6.45) is 1.10. The van der Waals surface area contributed by atoms with E-state index in [9.17, 15) is 4.39 Å². The van der Waals surface area contributed by atoms with Crippen LogP contribution in [0.15, 0.2) is 18.2 Å². The summed E-state index contributed by atoms with van der Waals surface area (Å²) in [6.45, 7) is 8.31. The van der Waals surface area contributed by atoms with Gasteiger partial charge < -0.3 is 5.32 Å². The highest BCUT2D eigenvalue weighted by atomic mass is 35.5. The smallest absolute Gasteiger partial charge is 0.141 e. The molecule has 1 N–H and O–H groups in total. The van der Waals surface area contributed by atoms with E-state index in [4.69, 9.17) is 11.6 Å². The summed E-state index contributed by atoms with van der Waals surface area (Å²) in [7, 11) is 0. The summed E-state index contributed by atoms with van der Waals surface area (Å²) in [5.41, 5.74) is 1.25. The van der Waals surface area contributed by atoms with Gasteiger partial charge in [0.15, 0.2) is 0 Å². The molecular weight excluding hydrogens is 251 g/mol. The van der Waals surface area contributed by atoms with Gasteiger partial charge in [0.25, 0.3) is 0 Å². The first kappa shape index (κ1) is 13.8. The molecule has 18 heavy (non-hydrogen) atoms. The summed E-state index contributed by atoms with van der Waals surface area (Å²) < 4.78 is 13.1. The third-order valence-electron chi connectivity index (χ3n) is 3.72. The standard InChI is InChI=1S/C14H20ClFN2/c1-3-14(2)10-18(7-6-17-14)9-11-4-5-13(16)12(15)8-11/h4-5,8,17H,3,6-7,9-10H2,1-2H3. The fraction of sp³-hybridized carbons (Fsp3) is 0.571. The van der Waals surface area contributed by atoms with Crippen LogP contribution in [0, 0.1) is 5.82 Å². The van der Waals surface area contributed by atoms with Gasteiger partial charge in [0.1, 0.15) is 5.82 Å². The Hall–Kier alpha value is -0.640. The lowest BCUT2D eigenvalue weighted by molar-refractivity contribution is 0.133. The van der Waals surface area contributed by atoms with Crippen LogP contribution in [0.1, 0.15) is 25.8 Å². The van der Waals surface area contributed by atoms with E-state index in [1.165, 1.54) is 6.07 Å². The van der Waals surface area contributed by atoms with E-state index < -0.39 is 0 Å². The topological polar surface area (TPSA) is 15.3 Å². The molecule has 1 atom stereocenters. The Morgan fingerprint density at radius 3 is 2.94 bits per heavy atom. The Bertz CT molecular complexity index is 424. The van der Waals surface area contributed by atoms with Crippen molar-refractivity contribution < 1.29 is 4.39 Å². The van der Waals surface area contributed by atoms with Gasteiger partial charge in [-0.05, 0) is 31.0 Å². The highest BCUT2D eigenvalue weighted by Gasteiger charge is 2.28. The first-order chi connectivity index (χ1) is 8.52. The molecule has 1 saturated heterocycles. The van der Waals surface area contributed by atoms with Crippen molar-refractivity contribution >= 4 is 11.6 Å². The predicted octanol–water partition coefficient (Wildman–Crippen LogP) is 3.05. The van der Waals surface area contributed by atoms with E-state index in [2.05, 4.69) is 24.1 Å². The molecule has 1 fully saturated rings. The number of benzene rings is 1. The van der Waals surface area contributed by atoms with Crippen molar-refractivity contribution in [2.75, 3.05) is 19.6 Å². The SMILES string of the molecule is CCC1(C)CN(Cc2ccc(F)c(Cl)c2)CCN1. The molecule has 0 aromatic heterocycles. The minimum Gasteiger partial charge on any atom is -0.309 e.